The Morgan fingerprint density at radius 2 is 2.05 bits per heavy atom. The van der Waals surface area contributed by atoms with E-state index in [-0.39, 0.29) is 0 Å². The van der Waals surface area contributed by atoms with Crippen LogP contribution in [0.1, 0.15) is 18.4 Å². The van der Waals surface area contributed by atoms with Crippen molar-refractivity contribution in [2.75, 3.05) is 44.7 Å². The minimum atomic E-state index is 0.636. The second kappa shape index (κ2) is 7.13. The van der Waals surface area contributed by atoms with Crippen molar-refractivity contribution >= 4 is 17.3 Å². The van der Waals surface area contributed by atoms with Gasteiger partial charge in [0.25, 0.3) is 0 Å². The molecule has 0 radical (unpaired) electrons. The third kappa shape index (κ3) is 3.85. The lowest BCUT2D eigenvalue weighted by Crippen LogP contribution is -2.32. The summed E-state index contributed by atoms with van der Waals surface area (Å²) in [6.07, 6.45) is 3.53. The molecule has 3 nitrogen and oxygen atoms in total. The monoisotopic (exact) mass is 281 g/mol. The first-order valence-corrected chi connectivity index (χ1v) is 7.51. The van der Waals surface area contributed by atoms with Crippen LogP contribution >= 0.6 is 11.6 Å². The van der Waals surface area contributed by atoms with Gasteiger partial charge in [0.1, 0.15) is 0 Å². The molecule has 106 valence electrons. The summed E-state index contributed by atoms with van der Waals surface area (Å²) >= 11 is 6.29. The summed E-state index contributed by atoms with van der Waals surface area (Å²) in [6.45, 7) is 5.30. The third-order valence-corrected chi connectivity index (χ3v) is 4.20. The maximum absolute atomic E-state index is 6.29. The van der Waals surface area contributed by atoms with Crippen molar-refractivity contribution in [2.24, 2.45) is 5.73 Å². The molecule has 0 atom stereocenters. The highest BCUT2D eigenvalue weighted by Gasteiger charge is 2.14. The molecule has 1 aliphatic rings. The Balaban J connectivity index is 2.00. The summed E-state index contributed by atoms with van der Waals surface area (Å²) < 4.78 is 0. The van der Waals surface area contributed by atoms with Crippen LogP contribution < -0.4 is 10.6 Å². The first-order valence-electron chi connectivity index (χ1n) is 7.13. The number of rotatable bonds is 6. The molecule has 1 fully saturated rings. The Kier molecular flexibility index (Phi) is 5.49. The Morgan fingerprint density at radius 3 is 2.74 bits per heavy atom. The minimum Gasteiger partial charge on any atom is -0.373 e. The SMILES string of the molecule is CN(CCN1CCCC1)c1cccc(Cl)c1CCN. The van der Waals surface area contributed by atoms with E-state index in [4.69, 9.17) is 17.3 Å². The highest BCUT2D eigenvalue weighted by Crippen LogP contribution is 2.27. The van der Waals surface area contributed by atoms with E-state index in [0.29, 0.717) is 6.54 Å². The highest BCUT2D eigenvalue weighted by molar-refractivity contribution is 6.31. The van der Waals surface area contributed by atoms with E-state index in [1.807, 2.05) is 12.1 Å². The Labute approximate surface area is 121 Å². The smallest absolute Gasteiger partial charge is 0.0459 e. The minimum absolute atomic E-state index is 0.636. The summed E-state index contributed by atoms with van der Waals surface area (Å²) in [5.74, 6) is 0. The van der Waals surface area contributed by atoms with Gasteiger partial charge in [-0.3, -0.25) is 0 Å². The molecule has 1 aliphatic heterocycles. The molecule has 1 saturated heterocycles. The number of nitrogens with two attached hydrogens (primary N) is 1. The maximum atomic E-state index is 6.29. The van der Waals surface area contributed by atoms with E-state index in [2.05, 4.69) is 22.9 Å². The first-order chi connectivity index (χ1) is 9.22. The van der Waals surface area contributed by atoms with E-state index in [9.17, 15) is 0 Å². The molecule has 0 spiro atoms. The van der Waals surface area contributed by atoms with Crippen LogP contribution in [0.4, 0.5) is 5.69 Å². The van der Waals surface area contributed by atoms with Crippen LogP contribution in [0.3, 0.4) is 0 Å². The van der Waals surface area contributed by atoms with Gasteiger partial charge >= 0.3 is 0 Å². The summed E-state index contributed by atoms with van der Waals surface area (Å²) in [4.78, 5) is 4.83. The van der Waals surface area contributed by atoms with E-state index in [1.54, 1.807) is 0 Å². The van der Waals surface area contributed by atoms with Gasteiger partial charge in [-0.05, 0) is 56.6 Å². The van der Waals surface area contributed by atoms with Crippen LogP contribution in [0.2, 0.25) is 5.02 Å². The molecule has 4 heteroatoms. The average molecular weight is 282 g/mol. The number of halogens is 1. The van der Waals surface area contributed by atoms with Gasteiger partial charge in [-0.1, -0.05) is 17.7 Å². The van der Waals surface area contributed by atoms with Crippen LogP contribution in [0.25, 0.3) is 0 Å². The third-order valence-electron chi connectivity index (χ3n) is 3.85. The van der Waals surface area contributed by atoms with E-state index in [0.717, 1.165) is 24.5 Å². The van der Waals surface area contributed by atoms with Crippen molar-refractivity contribution in [1.29, 1.82) is 0 Å². The van der Waals surface area contributed by atoms with Crippen LogP contribution in [-0.2, 0) is 6.42 Å². The zero-order chi connectivity index (χ0) is 13.7. The van der Waals surface area contributed by atoms with Gasteiger partial charge in [-0.25, -0.2) is 0 Å². The molecular formula is C15H24ClN3. The normalized spacial score (nSPS) is 15.9. The summed E-state index contributed by atoms with van der Waals surface area (Å²) in [5, 5.41) is 0.830. The largest absolute Gasteiger partial charge is 0.373 e. The van der Waals surface area contributed by atoms with Crippen LogP contribution in [-0.4, -0.2) is 44.7 Å². The standard InChI is InChI=1S/C15H24ClN3/c1-18(11-12-19-9-2-3-10-19)15-6-4-5-14(16)13(15)7-8-17/h4-6H,2-3,7-12,17H2,1H3. The number of hydrogen-bond donors (Lipinski definition) is 1. The van der Waals surface area contributed by atoms with Crippen molar-refractivity contribution in [3.63, 3.8) is 0 Å². The zero-order valence-electron chi connectivity index (χ0n) is 11.7. The lowest BCUT2D eigenvalue weighted by Gasteiger charge is -2.25. The molecule has 1 aromatic rings. The van der Waals surface area contributed by atoms with Gasteiger partial charge in [0.05, 0.1) is 0 Å². The number of likely N-dealkylation sites (N-methyl/N-ethyl adjacent to an activating group) is 1. The number of hydrogen-bond acceptors (Lipinski definition) is 3. The Morgan fingerprint density at radius 1 is 1.32 bits per heavy atom. The van der Waals surface area contributed by atoms with Crippen LogP contribution in [0, 0.1) is 0 Å². The van der Waals surface area contributed by atoms with E-state index < -0.39 is 0 Å². The molecule has 0 aliphatic carbocycles. The fourth-order valence-corrected chi connectivity index (χ4v) is 2.98. The van der Waals surface area contributed by atoms with Crippen molar-refractivity contribution in [3.8, 4) is 0 Å². The summed E-state index contributed by atoms with van der Waals surface area (Å²) in [5.41, 5.74) is 8.08. The predicted molar refractivity (Wildman–Crippen MR) is 83.2 cm³/mol. The van der Waals surface area contributed by atoms with Gasteiger partial charge in [0, 0.05) is 30.8 Å². The quantitative estimate of drug-likeness (QED) is 0.869. The Bertz CT molecular complexity index is 402. The Hall–Kier alpha value is -0.770. The number of likely N-dealkylation sites (tertiary alicyclic amines) is 1. The molecule has 2 rings (SSSR count). The molecule has 0 unspecified atom stereocenters. The second-order valence-electron chi connectivity index (χ2n) is 5.25. The molecule has 0 aromatic heterocycles. The summed E-state index contributed by atoms with van der Waals surface area (Å²) in [7, 11) is 2.14. The maximum Gasteiger partial charge on any atom is 0.0459 e. The van der Waals surface area contributed by atoms with Gasteiger partial charge in [0.15, 0.2) is 0 Å². The van der Waals surface area contributed by atoms with E-state index in [1.165, 1.54) is 37.2 Å². The molecule has 19 heavy (non-hydrogen) atoms. The predicted octanol–water partition coefficient (Wildman–Crippen LogP) is 2.37. The number of benzene rings is 1. The van der Waals surface area contributed by atoms with Gasteiger partial charge in [-0.15, -0.1) is 0 Å². The molecule has 0 saturated carbocycles. The van der Waals surface area contributed by atoms with Crippen molar-refractivity contribution in [2.45, 2.75) is 19.3 Å². The molecule has 1 heterocycles. The molecule has 1 aromatic carbocycles. The molecular weight excluding hydrogens is 258 g/mol. The van der Waals surface area contributed by atoms with Crippen molar-refractivity contribution in [3.05, 3.63) is 28.8 Å². The van der Waals surface area contributed by atoms with Crippen molar-refractivity contribution in [1.82, 2.24) is 4.90 Å². The molecule has 0 amide bonds. The number of anilines is 1. The lowest BCUT2D eigenvalue weighted by atomic mass is 10.1. The first kappa shape index (κ1) is 14.6. The van der Waals surface area contributed by atoms with Crippen LogP contribution in [0.5, 0.6) is 0 Å². The van der Waals surface area contributed by atoms with Gasteiger partial charge < -0.3 is 15.5 Å². The summed E-state index contributed by atoms with van der Waals surface area (Å²) in [6, 6.07) is 6.11. The number of nitrogens with zero attached hydrogens (tertiary/aromatic N) is 2. The fourth-order valence-electron chi connectivity index (χ4n) is 2.71. The van der Waals surface area contributed by atoms with Gasteiger partial charge in [0.2, 0.25) is 0 Å². The zero-order valence-corrected chi connectivity index (χ0v) is 12.5. The van der Waals surface area contributed by atoms with Crippen LogP contribution in [0.15, 0.2) is 18.2 Å². The average Bonchev–Trinajstić information content (AvgIpc) is 2.92. The topological polar surface area (TPSA) is 32.5 Å². The van der Waals surface area contributed by atoms with E-state index >= 15 is 0 Å². The molecule has 0 bridgehead atoms. The second-order valence-corrected chi connectivity index (χ2v) is 5.65. The fraction of sp³-hybridized carbons (Fsp3) is 0.600. The lowest BCUT2D eigenvalue weighted by molar-refractivity contribution is 0.346. The van der Waals surface area contributed by atoms with Gasteiger partial charge in [-0.2, -0.15) is 0 Å². The van der Waals surface area contributed by atoms with Crippen molar-refractivity contribution < 1.29 is 0 Å². The highest BCUT2D eigenvalue weighted by atomic mass is 35.5. The molecule has 2 N–H and O–H groups in total.